The smallest absolute Gasteiger partial charge is 0.211 e. The summed E-state index contributed by atoms with van der Waals surface area (Å²) in [7, 11) is -1.63. The fraction of sp³-hybridized carbons (Fsp3) is 0.545. The highest BCUT2D eigenvalue weighted by molar-refractivity contribution is 7.88. The number of hydrogen-bond acceptors (Lipinski definition) is 5. The molecule has 2 fully saturated rings. The molecule has 1 aliphatic heterocycles. The zero-order chi connectivity index (χ0) is 20.5. The first-order valence-electron chi connectivity index (χ1n) is 10.3. The standard InChI is InChI=1S/C22H31N3O3S.ClH/c1-23(29(2,26)27)16-20-8-9-21(28-20)17-24-12-14-25(15-13-24)18-22(10-11-22)19-6-4-3-5-7-19;/h3-9H,10-18H2,1-2H3;1H. The molecule has 0 N–H and O–H groups in total. The van der Waals surface area contributed by atoms with Crippen LogP contribution in [0.4, 0.5) is 0 Å². The minimum absolute atomic E-state index is 0. The van der Waals surface area contributed by atoms with Crippen molar-refractivity contribution in [2.75, 3.05) is 46.0 Å². The second-order valence-corrected chi connectivity index (χ2v) is 10.7. The van der Waals surface area contributed by atoms with Crippen molar-refractivity contribution in [2.24, 2.45) is 0 Å². The molecule has 8 heteroatoms. The molecule has 6 nitrogen and oxygen atoms in total. The van der Waals surface area contributed by atoms with Crippen LogP contribution in [0.25, 0.3) is 0 Å². The summed E-state index contributed by atoms with van der Waals surface area (Å²) in [6, 6.07) is 14.8. The Morgan fingerprint density at radius 2 is 1.57 bits per heavy atom. The fourth-order valence-corrected chi connectivity index (χ4v) is 4.53. The van der Waals surface area contributed by atoms with Gasteiger partial charge in [0.05, 0.1) is 19.3 Å². The van der Waals surface area contributed by atoms with Gasteiger partial charge in [0.15, 0.2) is 0 Å². The number of hydrogen-bond donors (Lipinski definition) is 0. The zero-order valence-electron chi connectivity index (χ0n) is 17.8. The molecule has 2 heterocycles. The SMILES string of the molecule is CN(Cc1ccc(CN2CCN(CC3(c4ccccc4)CC3)CC2)o1)S(C)(=O)=O.Cl. The Balaban J connectivity index is 0.00000256. The number of sulfonamides is 1. The third kappa shape index (κ3) is 5.65. The molecule has 1 aliphatic carbocycles. The van der Waals surface area contributed by atoms with Crippen molar-refractivity contribution in [1.82, 2.24) is 14.1 Å². The molecular weight excluding hydrogens is 422 g/mol. The van der Waals surface area contributed by atoms with Gasteiger partial charge in [0.25, 0.3) is 0 Å². The lowest BCUT2D eigenvalue weighted by Gasteiger charge is -2.36. The Labute approximate surface area is 186 Å². The summed E-state index contributed by atoms with van der Waals surface area (Å²) in [5.41, 5.74) is 1.87. The molecule has 166 valence electrons. The molecule has 1 saturated carbocycles. The van der Waals surface area contributed by atoms with E-state index in [0.717, 1.165) is 45.0 Å². The van der Waals surface area contributed by atoms with Crippen molar-refractivity contribution in [2.45, 2.75) is 31.3 Å². The second kappa shape index (κ2) is 9.40. The molecule has 0 atom stereocenters. The second-order valence-electron chi connectivity index (χ2n) is 8.59. The number of benzene rings is 1. The first-order valence-corrected chi connectivity index (χ1v) is 12.2. The summed E-state index contributed by atoms with van der Waals surface area (Å²) in [5, 5.41) is 0. The lowest BCUT2D eigenvalue weighted by Crippen LogP contribution is -2.48. The first kappa shape index (κ1) is 23.3. The van der Waals surface area contributed by atoms with Gasteiger partial charge in [0.1, 0.15) is 11.5 Å². The number of nitrogens with zero attached hydrogens (tertiary/aromatic N) is 3. The summed E-state index contributed by atoms with van der Waals surface area (Å²) in [6.45, 7) is 6.44. The van der Waals surface area contributed by atoms with Crippen LogP contribution in [0.2, 0.25) is 0 Å². The van der Waals surface area contributed by atoms with Gasteiger partial charge in [-0.1, -0.05) is 30.3 Å². The van der Waals surface area contributed by atoms with Gasteiger partial charge in [0.2, 0.25) is 10.0 Å². The lowest BCUT2D eigenvalue weighted by atomic mass is 9.95. The van der Waals surface area contributed by atoms with E-state index in [1.54, 1.807) is 7.05 Å². The van der Waals surface area contributed by atoms with Crippen molar-refractivity contribution < 1.29 is 12.8 Å². The summed E-state index contributed by atoms with van der Waals surface area (Å²) >= 11 is 0. The van der Waals surface area contributed by atoms with Crippen LogP contribution in [-0.4, -0.2) is 68.6 Å². The quantitative estimate of drug-likeness (QED) is 0.615. The lowest BCUT2D eigenvalue weighted by molar-refractivity contribution is 0.112. The van der Waals surface area contributed by atoms with Gasteiger partial charge in [-0.3, -0.25) is 9.80 Å². The van der Waals surface area contributed by atoms with Crippen LogP contribution in [0.15, 0.2) is 46.9 Å². The van der Waals surface area contributed by atoms with Gasteiger partial charge in [-0.05, 0) is 30.5 Å². The first-order chi connectivity index (χ1) is 13.8. The van der Waals surface area contributed by atoms with E-state index < -0.39 is 10.0 Å². The molecule has 1 aromatic heterocycles. The molecule has 0 amide bonds. The van der Waals surface area contributed by atoms with Crippen molar-refractivity contribution >= 4 is 22.4 Å². The van der Waals surface area contributed by atoms with Crippen LogP contribution in [0.1, 0.15) is 29.9 Å². The molecular formula is C22H32ClN3O3S. The van der Waals surface area contributed by atoms with Crippen LogP contribution >= 0.6 is 12.4 Å². The average Bonchev–Trinajstić information content (AvgIpc) is 3.35. The van der Waals surface area contributed by atoms with Gasteiger partial charge in [-0.25, -0.2) is 8.42 Å². The Morgan fingerprint density at radius 3 is 2.17 bits per heavy atom. The van der Waals surface area contributed by atoms with Crippen LogP contribution in [0.3, 0.4) is 0 Å². The Hall–Kier alpha value is -1.38. The van der Waals surface area contributed by atoms with E-state index in [1.165, 1.54) is 29.0 Å². The van der Waals surface area contributed by atoms with Crippen molar-refractivity contribution in [3.8, 4) is 0 Å². The molecule has 0 spiro atoms. The highest BCUT2D eigenvalue weighted by Crippen LogP contribution is 2.48. The third-order valence-corrected chi connectivity index (χ3v) is 7.53. The van der Waals surface area contributed by atoms with E-state index in [-0.39, 0.29) is 19.0 Å². The normalized spacial score (nSPS) is 19.6. The van der Waals surface area contributed by atoms with Crippen LogP contribution in [0.5, 0.6) is 0 Å². The maximum atomic E-state index is 11.6. The molecule has 30 heavy (non-hydrogen) atoms. The summed E-state index contributed by atoms with van der Waals surface area (Å²) in [5.74, 6) is 1.59. The summed E-state index contributed by atoms with van der Waals surface area (Å²) in [4.78, 5) is 5.02. The zero-order valence-corrected chi connectivity index (χ0v) is 19.4. The van der Waals surface area contributed by atoms with Crippen LogP contribution in [0, 0.1) is 0 Å². The van der Waals surface area contributed by atoms with E-state index >= 15 is 0 Å². The predicted octanol–water partition coefficient (Wildman–Crippen LogP) is 2.94. The van der Waals surface area contributed by atoms with E-state index in [0.29, 0.717) is 11.2 Å². The van der Waals surface area contributed by atoms with E-state index in [2.05, 4.69) is 40.1 Å². The minimum Gasteiger partial charge on any atom is -0.463 e. The maximum absolute atomic E-state index is 11.6. The van der Waals surface area contributed by atoms with Gasteiger partial charge in [0, 0.05) is 45.2 Å². The van der Waals surface area contributed by atoms with E-state index in [4.69, 9.17) is 4.42 Å². The summed E-state index contributed by atoms with van der Waals surface area (Å²) < 4.78 is 30.3. The molecule has 1 aromatic carbocycles. The van der Waals surface area contributed by atoms with Gasteiger partial charge in [-0.15, -0.1) is 12.4 Å². The Morgan fingerprint density at radius 1 is 0.967 bits per heavy atom. The number of halogens is 1. The monoisotopic (exact) mass is 453 g/mol. The topological polar surface area (TPSA) is 57.0 Å². The van der Waals surface area contributed by atoms with Crippen LogP contribution < -0.4 is 0 Å². The summed E-state index contributed by atoms with van der Waals surface area (Å²) in [6.07, 6.45) is 3.81. The Kier molecular flexibility index (Phi) is 7.30. The minimum atomic E-state index is -3.20. The van der Waals surface area contributed by atoms with Gasteiger partial charge < -0.3 is 4.42 Å². The van der Waals surface area contributed by atoms with Crippen molar-refractivity contribution in [1.29, 1.82) is 0 Å². The predicted molar refractivity (Wildman–Crippen MR) is 121 cm³/mol. The molecule has 0 unspecified atom stereocenters. The molecule has 4 rings (SSSR count). The highest BCUT2D eigenvalue weighted by atomic mass is 35.5. The fourth-order valence-electron chi connectivity index (χ4n) is 4.16. The molecule has 2 aromatic rings. The molecule has 0 radical (unpaired) electrons. The van der Waals surface area contributed by atoms with Crippen molar-refractivity contribution in [3.05, 3.63) is 59.5 Å². The van der Waals surface area contributed by atoms with Gasteiger partial charge in [-0.2, -0.15) is 4.31 Å². The highest BCUT2D eigenvalue weighted by Gasteiger charge is 2.45. The number of furan rings is 1. The van der Waals surface area contributed by atoms with Gasteiger partial charge >= 0.3 is 0 Å². The van der Waals surface area contributed by atoms with E-state index in [1.807, 2.05) is 12.1 Å². The number of piperazine rings is 1. The average molecular weight is 454 g/mol. The molecule has 2 aliphatic rings. The molecule has 0 bridgehead atoms. The number of rotatable bonds is 8. The maximum Gasteiger partial charge on any atom is 0.211 e. The van der Waals surface area contributed by atoms with Crippen molar-refractivity contribution in [3.63, 3.8) is 0 Å². The molecule has 1 saturated heterocycles. The van der Waals surface area contributed by atoms with Crippen LogP contribution in [-0.2, 0) is 28.5 Å². The largest absolute Gasteiger partial charge is 0.463 e. The Bertz CT molecular complexity index is 920. The van der Waals surface area contributed by atoms with E-state index in [9.17, 15) is 8.42 Å². The third-order valence-electron chi connectivity index (χ3n) is 6.27.